The number of halogens is 2. The second kappa shape index (κ2) is 12.3. The second-order valence-electron chi connectivity index (χ2n) is 10.8. The summed E-state index contributed by atoms with van der Waals surface area (Å²) < 4.78 is 40.4. The Morgan fingerprint density at radius 1 is 1.18 bits per heavy atom. The van der Waals surface area contributed by atoms with Crippen LogP contribution in [0.3, 0.4) is 0 Å². The summed E-state index contributed by atoms with van der Waals surface area (Å²) in [6.45, 7) is 5.26. The van der Waals surface area contributed by atoms with Gasteiger partial charge >= 0.3 is 17.9 Å². The standard InChI is InChI=1S/C27H35F2NO9/c1-4-5-6-7-10-37-25(34)27(28,29)16-12-21(32)24(17-14-20(31)19-15-18(17)26(19,2)3)22(13-16)39-23(33)9-8-11-38-30(35)36/h12-13,17-19,32H,4-11,14-15H2,1-3H3/t17-,18+,19+/m0/s1. The Balaban J connectivity index is 1.89. The fraction of sp³-hybridized carbons (Fsp3) is 0.667. The summed E-state index contributed by atoms with van der Waals surface area (Å²) in [5, 5.41) is 20.2. The number of alkyl halides is 2. The molecule has 0 aromatic heterocycles. The third-order valence-electron chi connectivity index (χ3n) is 7.93. The topological polar surface area (TPSA) is 142 Å². The number of fused-ring (bicyclic) bond motifs is 2. The van der Waals surface area contributed by atoms with Crippen molar-refractivity contribution in [2.75, 3.05) is 13.2 Å². The Hall–Kier alpha value is -3.31. The van der Waals surface area contributed by atoms with Gasteiger partial charge in [0.15, 0.2) is 0 Å². The maximum atomic E-state index is 15.1. The molecule has 12 heteroatoms. The van der Waals surface area contributed by atoms with Gasteiger partial charge in [-0.2, -0.15) is 8.78 Å². The van der Waals surface area contributed by atoms with E-state index in [9.17, 15) is 29.6 Å². The maximum Gasteiger partial charge on any atom is 0.381 e. The van der Waals surface area contributed by atoms with Crippen LogP contribution >= 0.6 is 0 Å². The Labute approximate surface area is 225 Å². The molecule has 39 heavy (non-hydrogen) atoms. The Bertz CT molecular complexity index is 1100. The molecule has 0 saturated heterocycles. The number of unbranched alkanes of at least 4 members (excludes halogenated alkanes) is 3. The lowest BCUT2D eigenvalue weighted by Crippen LogP contribution is -2.56. The molecule has 0 radical (unpaired) electrons. The van der Waals surface area contributed by atoms with Gasteiger partial charge < -0.3 is 19.4 Å². The molecule has 0 spiro atoms. The van der Waals surface area contributed by atoms with Gasteiger partial charge in [0.2, 0.25) is 0 Å². The molecular formula is C27H35F2NO9. The van der Waals surface area contributed by atoms with Gasteiger partial charge in [-0.05, 0) is 42.7 Å². The zero-order valence-electron chi connectivity index (χ0n) is 22.4. The van der Waals surface area contributed by atoms with Crippen molar-refractivity contribution in [2.24, 2.45) is 17.3 Å². The number of hydrogen-bond donors (Lipinski definition) is 1. The zero-order valence-corrected chi connectivity index (χ0v) is 22.4. The highest BCUT2D eigenvalue weighted by Gasteiger charge is 2.59. The smallest absolute Gasteiger partial charge is 0.381 e. The highest BCUT2D eigenvalue weighted by molar-refractivity contribution is 5.86. The highest BCUT2D eigenvalue weighted by atomic mass is 19.3. The zero-order chi connectivity index (χ0) is 29.0. The maximum absolute atomic E-state index is 15.1. The number of esters is 2. The van der Waals surface area contributed by atoms with Crippen molar-refractivity contribution < 1.29 is 47.7 Å². The predicted octanol–water partition coefficient (Wildman–Crippen LogP) is 5.22. The molecular weight excluding hydrogens is 520 g/mol. The number of rotatable bonds is 14. The van der Waals surface area contributed by atoms with Crippen molar-refractivity contribution >= 4 is 17.7 Å². The molecule has 1 N–H and O–H groups in total. The number of Topliss-reactive ketones (excluding diaryl/α,β-unsaturated/α-hetero) is 1. The number of benzene rings is 1. The van der Waals surface area contributed by atoms with E-state index in [0.717, 1.165) is 31.4 Å². The largest absolute Gasteiger partial charge is 0.508 e. The molecule has 1 aromatic carbocycles. The van der Waals surface area contributed by atoms with E-state index in [1.54, 1.807) is 0 Å². The van der Waals surface area contributed by atoms with Gasteiger partial charge in [-0.25, -0.2) is 4.79 Å². The van der Waals surface area contributed by atoms with E-state index >= 15 is 8.78 Å². The van der Waals surface area contributed by atoms with Crippen LogP contribution in [-0.2, 0) is 29.9 Å². The molecule has 0 unspecified atom stereocenters. The fourth-order valence-electron chi connectivity index (χ4n) is 5.67. The van der Waals surface area contributed by atoms with Crippen molar-refractivity contribution in [3.05, 3.63) is 33.4 Å². The van der Waals surface area contributed by atoms with Gasteiger partial charge in [0, 0.05) is 35.8 Å². The van der Waals surface area contributed by atoms with Gasteiger partial charge in [-0.1, -0.05) is 40.0 Å². The van der Waals surface area contributed by atoms with Gasteiger partial charge in [-0.3, -0.25) is 9.59 Å². The van der Waals surface area contributed by atoms with Gasteiger partial charge in [0.1, 0.15) is 17.3 Å². The number of phenols is 1. The average Bonchev–Trinajstić information content (AvgIpc) is 2.85. The summed E-state index contributed by atoms with van der Waals surface area (Å²) in [5.74, 6) is -8.69. The quantitative estimate of drug-likeness (QED) is 0.107. The van der Waals surface area contributed by atoms with Crippen molar-refractivity contribution in [2.45, 2.75) is 84.0 Å². The number of carbonyl (C=O) groups excluding carboxylic acids is 3. The van der Waals surface area contributed by atoms with E-state index in [0.29, 0.717) is 12.8 Å². The molecule has 0 amide bonds. The van der Waals surface area contributed by atoms with E-state index < -0.39 is 45.6 Å². The number of hydrogen-bond acceptors (Lipinski definition) is 9. The van der Waals surface area contributed by atoms with Crippen molar-refractivity contribution in [3.8, 4) is 11.5 Å². The number of ketones is 1. The highest BCUT2D eigenvalue weighted by Crippen LogP contribution is 2.64. The van der Waals surface area contributed by atoms with E-state index in [-0.39, 0.29) is 61.4 Å². The molecule has 3 aliphatic rings. The first-order chi connectivity index (χ1) is 18.3. The number of aromatic hydroxyl groups is 1. The second-order valence-corrected chi connectivity index (χ2v) is 10.8. The Morgan fingerprint density at radius 2 is 1.90 bits per heavy atom. The molecule has 3 atom stereocenters. The summed E-state index contributed by atoms with van der Waals surface area (Å²) in [7, 11) is 0. The van der Waals surface area contributed by atoms with Crippen molar-refractivity contribution in [3.63, 3.8) is 0 Å². The van der Waals surface area contributed by atoms with Crippen LogP contribution in [0, 0.1) is 27.4 Å². The van der Waals surface area contributed by atoms with Gasteiger partial charge in [-0.15, -0.1) is 10.1 Å². The molecule has 3 aliphatic carbocycles. The van der Waals surface area contributed by atoms with Crippen LogP contribution in [0.1, 0.15) is 89.2 Å². The fourth-order valence-corrected chi connectivity index (χ4v) is 5.67. The van der Waals surface area contributed by atoms with Gasteiger partial charge in [0.05, 0.1) is 13.2 Å². The summed E-state index contributed by atoms with van der Waals surface area (Å²) in [6, 6.07) is 1.57. The van der Waals surface area contributed by atoms with E-state index in [2.05, 4.69) is 4.84 Å². The molecule has 1 aromatic rings. The number of carbonyl (C=O) groups is 3. The van der Waals surface area contributed by atoms with E-state index in [1.807, 2.05) is 20.8 Å². The van der Waals surface area contributed by atoms with Crippen molar-refractivity contribution in [1.82, 2.24) is 0 Å². The molecule has 0 aliphatic heterocycles. The van der Waals surface area contributed by atoms with Crippen LogP contribution in [0.5, 0.6) is 11.5 Å². The van der Waals surface area contributed by atoms with Crippen LogP contribution in [0.15, 0.2) is 12.1 Å². The van der Waals surface area contributed by atoms with Crippen LogP contribution in [0.25, 0.3) is 0 Å². The SMILES string of the molecule is CCCCCCOC(=O)C(F)(F)c1cc(O)c([C@H]2CC(=O)[C@H]3C[C@H]2C3(C)C)c(OC(=O)CCCO[N+](=O)[O-])c1. The molecule has 4 rings (SSSR count). The first kappa shape index (κ1) is 30.2. The Kier molecular flexibility index (Phi) is 9.50. The minimum absolute atomic E-state index is 0.0258. The summed E-state index contributed by atoms with van der Waals surface area (Å²) in [6.07, 6.45) is 3.12. The lowest BCUT2D eigenvalue weighted by Gasteiger charge is -2.59. The minimum atomic E-state index is -4.15. The normalized spacial score (nSPS) is 21.6. The van der Waals surface area contributed by atoms with Crippen LogP contribution in [0.2, 0.25) is 0 Å². The average molecular weight is 556 g/mol. The van der Waals surface area contributed by atoms with Crippen LogP contribution < -0.4 is 4.74 Å². The van der Waals surface area contributed by atoms with Crippen LogP contribution in [-0.4, -0.2) is 41.1 Å². The first-order valence-corrected chi connectivity index (χ1v) is 13.2. The molecule has 10 nitrogen and oxygen atoms in total. The van der Waals surface area contributed by atoms with Gasteiger partial charge in [0.25, 0.3) is 5.09 Å². The first-order valence-electron chi connectivity index (χ1n) is 13.2. The molecule has 3 fully saturated rings. The third-order valence-corrected chi connectivity index (χ3v) is 7.93. The summed E-state index contributed by atoms with van der Waals surface area (Å²) in [4.78, 5) is 52.0. The molecule has 0 heterocycles. The molecule has 3 saturated carbocycles. The number of nitrogens with zero attached hydrogens (tertiary/aromatic N) is 1. The third kappa shape index (κ3) is 6.65. The van der Waals surface area contributed by atoms with E-state index in [4.69, 9.17) is 9.47 Å². The Morgan fingerprint density at radius 3 is 2.51 bits per heavy atom. The summed E-state index contributed by atoms with van der Waals surface area (Å²) in [5.41, 5.74) is -1.27. The minimum Gasteiger partial charge on any atom is -0.508 e. The molecule has 2 bridgehead atoms. The van der Waals surface area contributed by atoms with E-state index in [1.165, 1.54) is 0 Å². The number of phenolic OH excluding ortho intramolecular Hbond substituents is 1. The molecule has 216 valence electrons. The van der Waals surface area contributed by atoms with Crippen molar-refractivity contribution in [1.29, 1.82) is 0 Å². The number of ether oxygens (including phenoxy) is 2. The predicted molar refractivity (Wildman–Crippen MR) is 133 cm³/mol. The summed E-state index contributed by atoms with van der Waals surface area (Å²) >= 11 is 0. The lowest BCUT2D eigenvalue weighted by molar-refractivity contribution is -0.757. The lowest BCUT2D eigenvalue weighted by atomic mass is 9.44. The van der Waals surface area contributed by atoms with Crippen LogP contribution in [0.4, 0.5) is 8.78 Å². The monoisotopic (exact) mass is 555 g/mol.